The van der Waals surface area contributed by atoms with Gasteiger partial charge in [-0.05, 0) is 57.3 Å². The lowest BCUT2D eigenvalue weighted by atomic mass is 10.0. The van der Waals surface area contributed by atoms with Crippen LogP contribution >= 0.6 is 0 Å². The Hall–Kier alpha value is -0.860. The van der Waals surface area contributed by atoms with Gasteiger partial charge in [-0.2, -0.15) is 0 Å². The van der Waals surface area contributed by atoms with Crippen LogP contribution in [0.5, 0.6) is 0 Å². The molecule has 1 fully saturated rings. The minimum atomic E-state index is 0.681. The summed E-state index contributed by atoms with van der Waals surface area (Å²) in [6.07, 6.45) is 5.31. The summed E-state index contributed by atoms with van der Waals surface area (Å²) in [7, 11) is 2.07. The van der Waals surface area contributed by atoms with Crippen LogP contribution in [0.15, 0.2) is 18.2 Å². The molecule has 0 spiro atoms. The average molecular weight is 244 g/mol. The first-order chi connectivity index (χ1) is 8.79. The van der Waals surface area contributed by atoms with Gasteiger partial charge in [0, 0.05) is 18.6 Å². The molecule has 1 N–H and O–H groups in total. The van der Waals surface area contributed by atoms with E-state index in [4.69, 9.17) is 0 Å². The number of hydrogen-bond acceptors (Lipinski definition) is 2. The third-order valence-electron chi connectivity index (χ3n) is 4.61. The molecule has 1 aromatic rings. The molecular formula is C16H24N2. The van der Waals surface area contributed by atoms with E-state index >= 15 is 0 Å². The number of likely N-dealkylation sites (N-methyl/N-ethyl adjacent to an activating group) is 1. The molecule has 1 saturated heterocycles. The van der Waals surface area contributed by atoms with Crippen molar-refractivity contribution in [3.05, 3.63) is 34.9 Å². The van der Waals surface area contributed by atoms with Crippen LogP contribution in [0.4, 0.5) is 0 Å². The Balaban J connectivity index is 1.84. The minimum Gasteiger partial charge on any atom is -0.318 e. The zero-order chi connectivity index (χ0) is 12.5. The second-order valence-corrected chi connectivity index (χ2v) is 5.85. The molecule has 0 bridgehead atoms. The van der Waals surface area contributed by atoms with Crippen molar-refractivity contribution in [1.29, 1.82) is 0 Å². The van der Waals surface area contributed by atoms with E-state index in [1.165, 1.54) is 37.8 Å². The van der Waals surface area contributed by atoms with Crippen LogP contribution in [0.3, 0.4) is 0 Å². The number of fused-ring (bicyclic) bond motifs is 1. The quantitative estimate of drug-likeness (QED) is 0.879. The van der Waals surface area contributed by atoms with Crippen molar-refractivity contribution < 1.29 is 0 Å². The predicted octanol–water partition coefficient (Wildman–Crippen LogP) is 2.67. The van der Waals surface area contributed by atoms with Gasteiger partial charge in [-0.1, -0.05) is 23.8 Å². The zero-order valence-electron chi connectivity index (χ0n) is 11.6. The van der Waals surface area contributed by atoms with Gasteiger partial charge in [-0.25, -0.2) is 0 Å². The van der Waals surface area contributed by atoms with Crippen molar-refractivity contribution in [3.8, 4) is 0 Å². The smallest absolute Gasteiger partial charge is 0.0357 e. The maximum atomic E-state index is 3.36. The van der Waals surface area contributed by atoms with Gasteiger partial charge >= 0.3 is 0 Å². The van der Waals surface area contributed by atoms with E-state index in [1.807, 2.05) is 0 Å². The molecule has 0 radical (unpaired) electrons. The predicted molar refractivity (Wildman–Crippen MR) is 75.9 cm³/mol. The van der Waals surface area contributed by atoms with Crippen molar-refractivity contribution in [2.45, 2.75) is 44.7 Å². The summed E-state index contributed by atoms with van der Waals surface area (Å²) in [5.41, 5.74) is 4.60. The molecule has 1 heterocycles. The molecule has 0 saturated carbocycles. The molecule has 0 aromatic heterocycles. The van der Waals surface area contributed by atoms with Crippen LogP contribution in [0, 0.1) is 6.92 Å². The molecule has 2 aliphatic rings. The third kappa shape index (κ3) is 2.08. The highest BCUT2D eigenvalue weighted by Gasteiger charge is 2.34. The van der Waals surface area contributed by atoms with Crippen molar-refractivity contribution in [2.24, 2.45) is 0 Å². The number of benzene rings is 1. The average Bonchev–Trinajstić information content (AvgIpc) is 2.95. The van der Waals surface area contributed by atoms with E-state index < -0.39 is 0 Å². The summed E-state index contributed by atoms with van der Waals surface area (Å²) >= 11 is 0. The topological polar surface area (TPSA) is 15.3 Å². The minimum absolute atomic E-state index is 0.681. The van der Waals surface area contributed by atoms with Crippen LogP contribution < -0.4 is 5.32 Å². The Labute approximate surface area is 110 Å². The van der Waals surface area contributed by atoms with E-state index in [0.717, 1.165) is 12.6 Å². The number of nitrogens with zero attached hydrogens (tertiary/aromatic N) is 1. The maximum Gasteiger partial charge on any atom is 0.0357 e. The normalized spacial score (nSPS) is 27.7. The van der Waals surface area contributed by atoms with Gasteiger partial charge in [0.05, 0.1) is 0 Å². The van der Waals surface area contributed by atoms with Crippen LogP contribution in [-0.2, 0) is 6.42 Å². The van der Waals surface area contributed by atoms with E-state index in [9.17, 15) is 0 Å². The monoisotopic (exact) mass is 244 g/mol. The SMILES string of the molecule is CNCC1CCCN1C1CCc2ccc(C)cc21. The molecule has 2 unspecified atom stereocenters. The van der Waals surface area contributed by atoms with E-state index in [2.05, 4.69) is 42.4 Å². The highest BCUT2D eigenvalue weighted by atomic mass is 15.2. The maximum absolute atomic E-state index is 3.36. The first-order valence-corrected chi connectivity index (χ1v) is 7.29. The number of likely N-dealkylation sites (tertiary alicyclic amines) is 1. The standard InChI is InChI=1S/C16H24N2/c1-12-5-6-13-7-8-16(15(13)10-12)18-9-3-4-14(18)11-17-2/h5-6,10,14,16-17H,3-4,7-9,11H2,1-2H3. The third-order valence-corrected chi connectivity index (χ3v) is 4.61. The summed E-state index contributed by atoms with van der Waals surface area (Å²) < 4.78 is 0. The van der Waals surface area contributed by atoms with Crippen LogP contribution in [-0.4, -0.2) is 31.1 Å². The molecule has 2 heteroatoms. The van der Waals surface area contributed by atoms with Crippen LogP contribution in [0.25, 0.3) is 0 Å². The summed E-state index contributed by atoms with van der Waals surface area (Å²) in [4.78, 5) is 2.75. The first-order valence-electron chi connectivity index (χ1n) is 7.29. The molecular weight excluding hydrogens is 220 g/mol. The Bertz CT molecular complexity index is 427. The molecule has 18 heavy (non-hydrogen) atoms. The fourth-order valence-electron chi connectivity index (χ4n) is 3.77. The lowest BCUT2D eigenvalue weighted by Gasteiger charge is -2.31. The van der Waals surface area contributed by atoms with Gasteiger partial charge in [0.25, 0.3) is 0 Å². The van der Waals surface area contributed by atoms with Crippen molar-refractivity contribution in [3.63, 3.8) is 0 Å². The molecule has 2 atom stereocenters. The van der Waals surface area contributed by atoms with E-state index in [-0.39, 0.29) is 0 Å². The Morgan fingerprint density at radius 3 is 3.06 bits per heavy atom. The van der Waals surface area contributed by atoms with Crippen molar-refractivity contribution >= 4 is 0 Å². The lowest BCUT2D eigenvalue weighted by Crippen LogP contribution is -2.38. The summed E-state index contributed by atoms with van der Waals surface area (Å²) in [6.45, 7) is 4.63. The number of hydrogen-bond donors (Lipinski definition) is 1. The highest BCUT2D eigenvalue weighted by molar-refractivity contribution is 5.38. The fraction of sp³-hybridized carbons (Fsp3) is 0.625. The molecule has 1 aromatic carbocycles. The molecule has 3 rings (SSSR count). The van der Waals surface area contributed by atoms with E-state index in [1.54, 1.807) is 11.1 Å². The lowest BCUT2D eigenvalue weighted by molar-refractivity contribution is 0.178. The summed E-state index contributed by atoms with van der Waals surface area (Å²) in [5, 5.41) is 3.36. The molecule has 98 valence electrons. The van der Waals surface area contributed by atoms with Gasteiger partial charge < -0.3 is 5.32 Å². The highest BCUT2D eigenvalue weighted by Crippen LogP contribution is 2.39. The molecule has 2 nitrogen and oxygen atoms in total. The first kappa shape index (κ1) is 12.2. The molecule has 0 amide bonds. The summed E-state index contributed by atoms with van der Waals surface area (Å²) in [5.74, 6) is 0. The van der Waals surface area contributed by atoms with Crippen LogP contribution in [0.1, 0.15) is 42.0 Å². The Morgan fingerprint density at radius 1 is 1.33 bits per heavy atom. The zero-order valence-corrected chi connectivity index (χ0v) is 11.6. The second kappa shape index (κ2) is 5.02. The number of rotatable bonds is 3. The van der Waals surface area contributed by atoms with Gasteiger partial charge in [0.15, 0.2) is 0 Å². The number of nitrogens with one attached hydrogen (secondary N) is 1. The summed E-state index contributed by atoms with van der Waals surface area (Å²) in [6, 6.07) is 8.44. The van der Waals surface area contributed by atoms with Crippen LogP contribution in [0.2, 0.25) is 0 Å². The Kier molecular flexibility index (Phi) is 3.40. The largest absolute Gasteiger partial charge is 0.318 e. The van der Waals surface area contributed by atoms with Gasteiger partial charge in [0.1, 0.15) is 0 Å². The fourth-order valence-corrected chi connectivity index (χ4v) is 3.77. The molecule has 1 aliphatic carbocycles. The van der Waals surface area contributed by atoms with Crippen molar-refractivity contribution in [1.82, 2.24) is 10.2 Å². The van der Waals surface area contributed by atoms with Gasteiger partial charge in [-0.15, -0.1) is 0 Å². The Morgan fingerprint density at radius 2 is 2.22 bits per heavy atom. The van der Waals surface area contributed by atoms with Gasteiger partial charge in [0.2, 0.25) is 0 Å². The van der Waals surface area contributed by atoms with E-state index in [0.29, 0.717) is 6.04 Å². The van der Waals surface area contributed by atoms with Crippen molar-refractivity contribution in [2.75, 3.05) is 20.1 Å². The van der Waals surface area contributed by atoms with Gasteiger partial charge in [-0.3, -0.25) is 4.90 Å². The second-order valence-electron chi connectivity index (χ2n) is 5.85. The number of aryl methyl sites for hydroxylation is 2. The molecule has 1 aliphatic heterocycles.